The van der Waals surface area contributed by atoms with Gasteiger partial charge in [0.1, 0.15) is 5.82 Å². The maximum Gasteiger partial charge on any atom is 0.269 e. The molecule has 0 fully saturated rings. The molecule has 112 valence electrons. The molecule has 2 N–H and O–H groups in total. The lowest BCUT2D eigenvalue weighted by Crippen LogP contribution is -2.12. The normalized spacial score (nSPS) is 10.8. The van der Waals surface area contributed by atoms with Crippen LogP contribution in [0.5, 0.6) is 0 Å². The first-order chi connectivity index (χ1) is 10.6. The molecule has 0 saturated carbocycles. The van der Waals surface area contributed by atoms with Crippen molar-refractivity contribution in [2.75, 3.05) is 6.26 Å². The molecule has 0 aliphatic rings. The van der Waals surface area contributed by atoms with Crippen LogP contribution in [0.15, 0.2) is 46.7 Å². The average Bonchev–Trinajstić information content (AvgIpc) is 3.14. The van der Waals surface area contributed by atoms with Gasteiger partial charge in [-0.25, -0.2) is 9.07 Å². The maximum absolute atomic E-state index is 13.1. The number of benzene rings is 1. The van der Waals surface area contributed by atoms with E-state index in [2.05, 4.69) is 5.10 Å². The molecular formula is C15H12FN3OS2. The number of hydrogen-bond acceptors (Lipinski definition) is 4. The largest absolute Gasteiger partial charge is 0.364 e. The van der Waals surface area contributed by atoms with E-state index in [1.165, 1.54) is 12.1 Å². The Bertz CT molecular complexity index is 824. The minimum atomic E-state index is -0.594. The van der Waals surface area contributed by atoms with Crippen LogP contribution in [-0.4, -0.2) is 21.9 Å². The SMILES string of the molecule is CSc1ccc(-c2cc(C(N)=O)nn2-c2ccc(F)cc2)s1. The van der Waals surface area contributed by atoms with Crippen LogP contribution in [0.25, 0.3) is 16.3 Å². The van der Waals surface area contributed by atoms with Gasteiger partial charge < -0.3 is 5.73 Å². The van der Waals surface area contributed by atoms with Crippen LogP contribution in [0.1, 0.15) is 10.5 Å². The van der Waals surface area contributed by atoms with Gasteiger partial charge in [0, 0.05) is 0 Å². The van der Waals surface area contributed by atoms with Gasteiger partial charge >= 0.3 is 0 Å². The zero-order valence-electron chi connectivity index (χ0n) is 11.6. The van der Waals surface area contributed by atoms with Crippen molar-refractivity contribution in [3.8, 4) is 16.3 Å². The van der Waals surface area contributed by atoms with E-state index in [1.54, 1.807) is 46.0 Å². The molecule has 1 aromatic carbocycles. The van der Waals surface area contributed by atoms with E-state index < -0.39 is 5.91 Å². The highest BCUT2D eigenvalue weighted by atomic mass is 32.2. The third-order valence-corrected chi connectivity index (χ3v) is 5.26. The number of primary amides is 1. The van der Waals surface area contributed by atoms with Gasteiger partial charge in [-0.15, -0.1) is 23.1 Å². The maximum atomic E-state index is 13.1. The Balaban J connectivity index is 2.15. The topological polar surface area (TPSA) is 60.9 Å². The standard InChI is InChI=1S/C15H12FN3OS2/c1-21-14-7-6-13(22-14)12-8-11(15(17)20)18-19(12)10-4-2-9(16)3-5-10/h2-8H,1H3,(H2,17,20). The van der Waals surface area contributed by atoms with Crippen molar-refractivity contribution in [2.24, 2.45) is 5.73 Å². The summed E-state index contributed by atoms with van der Waals surface area (Å²) in [5.74, 6) is -0.919. The van der Waals surface area contributed by atoms with Gasteiger partial charge in [0.05, 0.1) is 20.5 Å². The lowest BCUT2D eigenvalue weighted by molar-refractivity contribution is 0.0995. The van der Waals surface area contributed by atoms with Crippen molar-refractivity contribution in [3.63, 3.8) is 0 Å². The third kappa shape index (κ3) is 2.77. The number of nitrogens with two attached hydrogens (primary N) is 1. The lowest BCUT2D eigenvalue weighted by Gasteiger charge is -2.05. The minimum Gasteiger partial charge on any atom is -0.364 e. The van der Waals surface area contributed by atoms with Gasteiger partial charge in [-0.3, -0.25) is 4.79 Å². The number of thiophene rings is 1. The zero-order valence-corrected chi connectivity index (χ0v) is 13.2. The monoisotopic (exact) mass is 333 g/mol. The van der Waals surface area contributed by atoms with Crippen LogP contribution in [0.3, 0.4) is 0 Å². The summed E-state index contributed by atoms with van der Waals surface area (Å²) in [4.78, 5) is 12.4. The summed E-state index contributed by atoms with van der Waals surface area (Å²) in [5, 5.41) is 4.24. The third-order valence-electron chi connectivity index (χ3n) is 3.07. The second-order valence-electron chi connectivity index (χ2n) is 4.49. The molecule has 1 amide bonds. The number of thioether (sulfide) groups is 1. The smallest absolute Gasteiger partial charge is 0.269 e. The van der Waals surface area contributed by atoms with E-state index in [9.17, 15) is 9.18 Å². The Labute approximate surface area is 134 Å². The van der Waals surface area contributed by atoms with Crippen molar-refractivity contribution in [2.45, 2.75) is 4.21 Å². The molecule has 2 heterocycles. The van der Waals surface area contributed by atoms with E-state index >= 15 is 0 Å². The summed E-state index contributed by atoms with van der Waals surface area (Å²) in [6.45, 7) is 0. The fourth-order valence-corrected chi connectivity index (χ4v) is 3.57. The average molecular weight is 333 g/mol. The molecule has 3 rings (SSSR count). The van der Waals surface area contributed by atoms with Gasteiger partial charge in [-0.2, -0.15) is 5.10 Å². The van der Waals surface area contributed by atoms with Crippen molar-refractivity contribution < 1.29 is 9.18 Å². The Morgan fingerprint density at radius 3 is 2.59 bits per heavy atom. The molecule has 7 heteroatoms. The van der Waals surface area contributed by atoms with E-state index in [0.29, 0.717) is 5.69 Å². The molecule has 4 nitrogen and oxygen atoms in total. The summed E-state index contributed by atoms with van der Waals surface area (Å²) in [7, 11) is 0. The van der Waals surface area contributed by atoms with E-state index in [0.717, 1.165) is 14.8 Å². The number of rotatable bonds is 4. The van der Waals surface area contributed by atoms with Crippen molar-refractivity contribution in [3.05, 3.63) is 54.0 Å². The molecular weight excluding hydrogens is 321 g/mol. The highest BCUT2D eigenvalue weighted by Gasteiger charge is 2.16. The first-order valence-electron chi connectivity index (χ1n) is 6.38. The van der Waals surface area contributed by atoms with Gasteiger partial charge in [0.25, 0.3) is 5.91 Å². The minimum absolute atomic E-state index is 0.179. The highest BCUT2D eigenvalue weighted by Crippen LogP contribution is 2.34. The summed E-state index contributed by atoms with van der Waals surface area (Å²) in [6, 6.07) is 11.6. The molecule has 0 bridgehead atoms. The lowest BCUT2D eigenvalue weighted by atomic mass is 10.2. The quantitative estimate of drug-likeness (QED) is 0.743. The van der Waals surface area contributed by atoms with Gasteiger partial charge in [-0.05, 0) is 48.7 Å². The first kappa shape index (κ1) is 14.8. The molecule has 0 atom stereocenters. The summed E-state index contributed by atoms with van der Waals surface area (Å²) in [6.07, 6.45) is 2.00. The fourth-order valence-electron chi connectivity index (χ4n) is 2.02. The number of halogens is 1. The van der Waals surface area contributed by atoms with Crippen LogP contribution >= 0.6 is 23.1 Å². The summed E-state index contributed by atoms with van der Waals surface area (Å²) >= 11 is 3.25. The predicted octanol–water partition coefficient (Wildman–Crippen LogP) is 3.56. The Morgan fingerprint density at radius 1 is 1.27 bits per heavy atom. The molecule has 0 aliphatic carbocycles. The number of aromatic nitrogens is 2. The van der Waals surface area contributed by atoms with Crippen LogP contribution in [0, 0.1) is 5.82 Å². The van der Waals surface area contributed by atoms with Crippen LogP contribution in [-0.2, 0) is 0 Å². The number of nitrogens with zero attached hydrogens (tertiary/aromatic N) is 2. The van der Waals surface area contributed by atoms with Gasteiger partial charge in [0.2, 0.25) is 0 Å². The summed E-state index contributed by atoms with van der Waals surface area (Å²) < 4.78 is 15.9. The zero-order chi connectivity index (χ0) is 15.7. The number of hydrogen-bond donors (Lipinski definition) is 1. The second kappa shape index (κ2) is 5.94. The molecule has 0 aliphatic heterocycles. The van der Waals surface area contributed by atoms with E-state index in [-0.39, 0.29) is 11.5 Å². The molecule has 2 aromatic heterocycles. The fraction of sp³-hybridized carbons (Fsp3) is 0.0667. The predicted molar refractivity (Wildman–Crippen MR) is 87.1 cm³/mol. The molecule has 3 aromatic rings. The molecule has 0 radical (unpaired) electrons. The molecule has 0 saturated heterocycles. The number of carbonyl (C=O) groups excluding carboxylic acids is 1. The van der Waals surface area contributed by atoms with E-state index in [4.69, 9.17) is 5.73 Å². The molecule has 0 unspecified atom stereocenters. The highest BCUT2D eigenvalue weighted by molar-refractivity contribution is 8.00. The van der Waals surface area contributed by atoms with Gasteiger partial charge in [0.15, 0.2) is 5.69 Å². The number of amides is 1. The number of carbonyl (C=O) groups is 1. The molecule has 0 spiro atoms. The van der Waals surface area contributed by atoms with Crippen LogP contribution < -0.4 is 5.73 Å². The summed E-state index contributed by atoms with van der Waals surface area (Å²) in [5.41, 5.74) is 6.94. The van der Waals surface area contributed by atoms with Crippen molar-refractivity contribution in [1.29, 1.82) is 0 Å². The van der Waals surface area contributed by atoms with Crippen LogP contribution in [0.2, 0.25) is 0 Å². The van der Waals surface area contributed by atoms with Crippen molar-refractivity contribution >= 4 is 29.0 Å². The van der Waals surface area contributed by atoms with Crippen molar-refractivity contribution in [1.82, 2.24) is 9.78 Å². The molecule has 22 heavy (non-hydrogen) atoms. The van der Waals surface area contributed by atoms with E-state index in [1.807, 2.05) is 18.4 Å². The Morgan fingerprint density at radius 2 is 2.00 bits per heavy atom. The first-order valence-corrected chi connectivity index (χ1v) is 8.42. The second-order valence-corrected chi connectivity index (χ2v) is 6.68. The van der Waals surface area contributed by atoms with Gasteiger partial charge in [-0.1, -0.05) is 0 Å². The Hall–Kier alpha value is -2.12. The Kier molecular flexibility index (Phi) is 4.00. The van der Waals surface area contributed by atoms with Crippen LogP contribution in [0.4, 0.5) is 4.39 Å².